The molecule has 5 nitrogen and oxygen atoms in total. The van der Waals surface area contributed by atoms with Crippen LogP contribution in [0.15, 0.2) is 0 Å². The summed E-state index contributed by atoms with van der Waals surface area (Å²) >= 11 is 0. The highest BCUT2D eigenvalue weighted by molar-refractivity contribution is 7.90. The predicted octanol–water partition coefficient (Wildman–Crippen LogP) is 1.06. The van der Waals surface area contributed by atoms with Crippen LogP contribution in [-0.2, 0) is 14.6 Å². The molecule has 0 bridgehead atoms. The van der Waals surface area contributed by atoms with Gasteiger partial charge in [-0.3, -0.25) is 4.90 Å². The van der Waals surface area contributed by atoms with Crippen molar-refractivity contribution in [2.24, 2.45) is 10.8 Å². The lowest BCUT2D eigenvalue weighted by Crippen LogP contribution is -2.54. The van der Waals surface area contributed by atoms with Crippen LogP contribution >= 0.6 is 0 Å². The standard InChI is InChI=1S/C16H29NO4S/c1-22(19,20)13-16(4-5-16)12-17-11-15(3-2-14(17)10-18)6-8-21-9-7-15/h14,18H,2-13H2,1H3. The Morgan fingerprint density at radius 3 is 2.41 bits per heavy atom. The van der Waals surface area contributed by atoms with Crippen molar-refractivity contribution in [1.82, 2.24) is 4.90 Å². The molecule has 128 valence electrons. The lowest BCUT2D eigenvalue weighted by Gasteiger charge is -2.49. The third-order valence-electron chi connectivity index (χ3n) is 5.89. The minimum atomic E-state index is -2.94. The summed E-state index contributed by atoms with van der Waals surface area (Å²) in [5.74, 6) is 0.296. The molecule has 0 aromatic heterocycles. The zero-order valence-electron chi connectivity index (χ0n) is 13.6. The van der Waals surface area contributed by atoms with Crippen molar-refractivity contribution in [3.63, 3.8) is 0 Å². The van der Waals surface area contributed by atoms with E-state index < -0.39 is 9.84 Å². The highest BCUT2D eigenvalue weighted by Crippen LogP contribution is 2.49. The molecule has 2 aliphatic heterocycles. The minimum absolute atomic E-state index is 0.0509. The van der Waals surface area contributed by atoms with E-state index in [4.69, 9.17) is 4.74 Å². The van der Waals surface area contributed by atoms with Gasteiger partial charge < -0.3 is 9.84 Å². The third-order valence-corrected chi connectivity index (χ3v) is 7.03. The van der Waals surface area contributed by atoms with Crippen LogP contribution in [0.25, 0.3) is 0 Å². The number of likely N-dealkylation sites (tertiary alicyclic amines) is 1. The molecule has 2 saturated heterocycles. The maximum absolute atomic E-state index is 11.7. The molecule has 22 heavy (non-hydrogen) atoms. The van der Waals surface area contributed by atoms with Gasteiger partial charge in [-0.25, -0.2) is 8.42 Å². The van der Waals surface area contributed by atoms with Crippen LogP contribution < -0.4 is 0 Å². The fraction of sp³-hybridized carbons (Fsp3) is 1.00. The number of piperidine rings is 1. The summed E-state index contributed by atoms with van der Waals surface area (Å²) in [6.07, 6.45) is 7.73. The smallest absolute Gasteiger partial charge is 0.148 e. The molecule has 0 radical (unpaired) electrons. The van der Waals surface area contributed by atoms with Gasteiger partial charge in [-0.05, 0) is 49.4 Å². The van der Waals surface area contributed by atoms with Crippen molar-refractivity contribution in [1.29, 1.82) is 0 Å². The first-order valence-corrected chi connectivity index (χ1v) is 10.5. The molecule has 1 atom stereocenters. The molecule has 0 aromatic carbocycles. The molecule has 0 aromatic rings. The van der Waals surface area contributed by atoms with Crippen molar-refractivity contribution in [2.75, 3.05) is 44.9 Å². The minimum Gasteiger partial charge on any atom is -0.395 e. The van der Waals surface area contributed by atoms with E-state index in [1.165, 1.54) is 6.26 Å². The van der Waals surface area contributed by atoms with Crippen LogP contribution in [0.3, 0.4) is 0 Å². The SMILES string of the molecule is CS(=O)(=O)CC1(CN2CC3(CCOCC3)CCC2CO)CC1. The summed E-state index contributed by atoms with van der Waals surface area (Å²) in [4.78, 5) is 2.40. The van der Waals surface area contributed by atoms with E-state index in [9.17, 15) is 13.5 Å². The molecule has 1 N–H and O–H groups in total. The quantitative estimate of drug-likeness (QED) is 0.816. The summed E-state index contributed by atoms with van der Waals surface area (Å²) in [7, 11) is -2.94. The fourth-order valence-electron chi connectivity index (χ4n) is 4.41. The van der Waals surface area contributed by atoms with Crippen molar-refractivity contribution >= 4 is 9.84 Å². The van der Waals surface area contributed by atoms with Gasteiger partial charge in [0.15, 0.2) is 0 Å². The maximum Gasteiger partial charge on any atom is 0.148 e. The lowest BCUT2D eigenvalue weighted by molar-refractivity contribution is -0.0566. The van der Waals surface area contributed by atoms with Crippen LogP contribution in [0.5, 0.6) is 0 Å². The Labute approximate surface area is 133 Å². The Morgan fingerprint density at radius 1 is 1.18 bits per heavy atom. The van der Waals surface area contributed by atoms with Gasteiger partial charge >= 0.3 is 0 Å². The van der Waals surface area contributed by atoms with E-state index in [-0.39, 0.29) is 18.1 Å². The van der Waals surface area contributed by atoms with Gasteiger partial charge in [0.1, 0.15) is 9.84 Å². The molecule has 3 aliphatic rings. The van der Waals surface area contributed by atoms with Crippen LogP contribution in [-0.4, -0.2) is 69.4 Å². The molecular formula is C16H29NO4S. The summed E-state index contributed by atoms with van der Waals surface area (Å²) in [5, 5.41) is 9.71. The Balaban J connectivity index is 1.69. The molecule has 1 spiro atoms. The summed E-state index contributed by atoms with van der Waals surface area (Å²) in [6.45, 7) is 3.68. The van der Waals surface area contributed by atoms with Gasteiger partial charge in [0.05, 0.1) is 12.4 Å². The average Bonchev–Trinajstić information content (AvgIpc) is 3.17. The highest BCUT2D eigenvalue weighted by atomic mass is 32.2. The number of hydrogen-bond donors (Lipinski definition) is 1. The zero-order valence-corrected chi connectivity index (χ0v) is 14.4. The number of ether oxygens (including phenoxy) is 1. The van der Waals surface area contributed by atoms with Gasteiger partial charge in [-0.2, -0.15) is 0 Å². The maximum atomic E-state index is 11.7. The second-order valence-corrected chi connectivity index (χ2v) is 10.1. The molecule has 6 heteroatoms. The van der Waals surface area contributed by atoms with Crippen LogP contribution in [0.2, 0.25) is 0 Å². The molecule has 3 fully saturated rings. The molecule has 1 aliphatic carbocycles. The molecular weight excluding hydrogens is 302 g/mol. The monoisotopic (exact) mass is 331 g/mol. The summed E-state index contributed by atoms with van der Waals surface area (Å²) < 4.78 is 28.9. The van der Waals surface area contributed by atoms with E-state index in [1.54, 1.807) is 0 Å². The number of hydrogen-bond acceptors (Lipinski definition) is 5. The number of rotatable bonds is 5. The van der Waals surface area contributed by atoms with Crippen molar-refractivity contribution < 1.29 is 18.3 Å². The van der Waals surface area contributed by atoms with Gasteiger partial charge in [-0.1, -0.05) is 0 Å². The molecule has 0 amide bonds. The first-order chi connectivity index (χ1) is 10.4. The van der Waals surface area contributed by atoms with E-state index in [1.807, 2.05) is 0 Å². The molecule has 2 heterocycles. The lowest BCUT2D eigenvalue weighted by atomic mass is 9.72. The molecule has 1 saturated carbocycles. The Kier molecular flexibility index (Phi) is 4.58. The van der Waals surface area contributed by atoms with E-state index in [2.05, 4.69) is 4.90 Å². The molecule has 3 rings (SSSR count). The third kappa shape index (κ3) is 3.83. The zero-order chi connectivity index (χ0) is 15.8. The van der Waals surface area contributed by atoms with Crippen LogP contribution in [0.4, 0.5) is 0 Å². The van der Waals surface area contributed by atoms with Gasteiger partial charge in [0.2, 0.25) is 0 Å². The predicted molar refractivity (Wildman–Crippen MR) is 85.5 cm³/mol. The van der Waals surface area contributed by atoms with E-state index in [0.717, 1.165) is 64.8 Å². The molecule has 1 unspecified atom stereocenters. The van der Waals surface area contributed by atoms with Gasteiger partial charge in [0.25, 0.3) is 0 Å². The van der Waals surface area contributed by atoms with Crippen LogP contribution in [0.1, 0.15) is 38.5 Å². The Hall–Kier alpha value is -0.170. The average molecular weight is 331 g/mol. The van der Waals surface area contributed by atoms with Crippen LogP contribution in [0, 0.1) is 10.8 Å². The Morgan fingerprint density at radius 2 is 1.86 bits per heavy atom. The number of aliphatic hydroxyl groups excluding tert-OH is 1. The number of sulfone groups is 1. The number of nitrogens with zero attached hydrogens (tertiary/aromatic N) is 1. The fourth-order valence-corrected chi connectivity index (χ4v) is 5.90. The van der Waals surface area contributed by atoms with E-state index >= 15 is 0 Å². The Bertz CT molecular complexity index is 494. The summed E-state index contributed by atoms with van der Waals surface area (Å²) in [5.41, 5.74) is 0.274. The van der Waals surface area contributed by atoms with Gasteiger partial charge in [-0.15, -0.1) is 0 Å². The summed E-state index contributed by atoms with van der Waals surface area (Å²) in [6, 6.07) is 0.200. The highest BCUT2D eigenvalue weighted by Gasteiger charge is 2.49. The van der Waals surface area contributed by atoms with Gasteiger partial charge in [0, 0.05) is 38.6 Å². The topological polar surface area (TPSA) is 66.8 Å². The first kappa shape index (κ1) is 16.7. The van der Waals surface area contributed by atoms with Crippen molar-refractivity contribution in [3.05, 3.63) is 0 Å². The second-order valence-electron chi connectivity index (χ2n) is 7.96. The normalized spacial score (nSPS) is 31.3. The largest absolute Gasteiger partial charge is 0.395 e. The second kappa shape index (κ2) is 6.04. The van der Waals surface area contributed by atoms with Crippen molar-refractivity contribution in [3.8, 4) is 0 Å². The number of aliphatic hydroxyl groups is 1. The first-order valence-electron chi connectivity index (χ1n) is 8.46. The van der Waals surface area contributed by atoms with E-state index in [0.29, 0.717) is 11.2 Å². The van der Waals surface area contributed by atoms with Crippen molar-refractivity contribution in [2.45, 2.75) is 44.6 Å².